The number of fused-ring (bicyclic) bond motifs is 1. The van der Waals surface area contributed by atoms with Gasteiger partial charge in [0, 0.05) is 43.7 Å². The average molecular weight is 536 g/mol. The van der Waals surface area contributed by atoms with Crippen LogP contribution in [-0.2, 0) is 25.6 Å². The van der Waals surface area contributed by atoms with Crippen LogP contribution in [0.2, 0.25) is 0 Å². The Hall–Kier alpha value is -1.94. The van der Waals surface area contributed by atoms with Gasteiger partial charge in [-0.2, -0.15) is 26.3 Å². The first kappa shape index (κ1) is 29.3. The highest BCUT2D eigenvalue weighted by Gasteiger charge is 2.46. The highest BCUT2D eigenvalue weighted by molar-refractivity contribution is 7.09. The van der Waals surface area contributed by atoms with Crippen LogP contribution in [0.5, 0.6) is 0 Å². The maximum absolute atomic E-state index is 10.6. The molecule has 3 aliphatic heterocycles. The summed E-state index contributed by atoms with van der Waals surface area (Å²) in [5, 5.41) is 16.4. The first-order chi connectivity index (χ1) is 16.3. The number of aliphatic carboxylic acids is 2. The molecular formula is C20H26F6N2O6S. The lowest BCUT2D eigenvalue weighted by atomic mass is 10.00. The third-order valence-corrected chi connectivity index (χ3v) is 6.40. The van der Waals surface area contributed by atoms with Crippen molar-refractivity contribution < 1.29 is 55.6 Å². The van der Waals surface area contributed by atoms with E-state index in [4.69, 9.17) is 29.3 Å². The third-order valence-electron chi connectivity index (χ3n) is 5.54. The van der Waals surface area contributed by atoms with Gasteiger partial charge in [0.1, 0.15) is 0 Å². The molecule has 0 aliphatic carbocycles. The van der Waals surface area contributed by atoms with E-state index in [2.05, 4.69) is 27.3 Å². The fourth-order valence-corrected chi connectivity index (χ4v) is 4.77. The molecule has 3 atom stereocenters. The fourth-order valence-electron chi connectivity index (χ4n) is 4.04. The van der Waals surface area contributed by atoms with E-state index < -0.39 is 24.3 Å². The maximum atomic E-state index is 10.6. The summed E-state index contributed by atoms with van der Waals surface area (Å²) in [5.41, 5.74) is 0. The number of halogens is 6. The van der Waals surface area contributed by atoms with Crippen molar-refractivity contribution in [3.63, 3.8) is 0 Å². The summed E-state index contributed by atoms with van der Waals surface area (Å²) in [6.45, 7) is 7.04. The average Bonchev–Trinajstić information content (AvgIpc) is 3.43. The van der Waals surface area contributed by atoms with E-state index in [1.54, 1.807) is 0 Å². The molecule has 0 saturated carbocycles. The molecule has 0 spiro atoms. The number of alkyl halides is 6. The van der Waals surface area contributed by atoms with Gasteiger partial charge in [0.05, 0.1) is 25.4 Å². The van der Waals surface area contributed by atoms with Gasteiger partial charge >= 0.3 is 24.3 Å². The van der Waals surface area contributed by atoms with Crippen molar-refractivity contribution in [3.8, 4) is 0 Å². The Morgan fingerprint density at radius 2 is 1.57 bits per heavy atom. The number of morpholine rings is 1. The third kappa shape index (κ3) is 9.22. The van der Waals surface area contributed by atoms with Crippen LogP contribution in [0, 0.1) is 0 Å². The number of rotatable bonds is 3. The Bertz CT molecular complexity index is 777. The van der Waals surface area contributed by atoms with Gasteiger partial charge in [-0.15, -0.1) is 11.3 Å². The van der Waals surface area contributed by atoms with Gasteiger partial charge < -0.3 is 19.7 Å². The van der Waals surface area contributed by atoms with Crippen molar-refractivity contribution in [2.45, 2.75) is 49.9 Å². The van der Waals surface area contributed by atoms with Crippen LogP contribution < -0.4 is 0 Å². The molecule has 200 valence electrons. The maximum Gasteiger partial charge on any atom is 0.490 e. The van der Waals surface area contributed by atoms with E-state index in [9.17, 15) is 26.3 Å². The van der Waals surface area contributed by atoms with E-state index in [-0.39, 0.29) is 0 Å². The lowest BCUT2D eigenvalue weighted by molar-refractivity contribution is -0.193. The van der Waals surface area contributed by atoms with Gasteiger partial charge in [-0.1, -0.05) is 6.07 Å². The summed E-state index contributed by atoms with van der Waals surface area (Å²) in [6.07, 6.45) is -7.27. The van der Waals surface area contributed by atoms with Gasteiger partial charge in [0.15, 0.2) is 0 Å². The summed E-state index contributed by atoms with van der Waals surface area (Å²) in [4.78, 5) is 24.5. The Morgan fingerprint density at radius 3 is 2.06 bits per heavy atom. The summed E-state index contributed by atoms with van der Waals surface area (Å²) in [5.74, 6) is -5.51. The molecule has 0 amide bonds. The van der Waals surface area contributed by atoms with E-state index in [0.717, 1.165) is 46.0 Å². The fraction of sp³-hybridized carbons (Fsp3) is 0.700. The second-order valence-corrected chi connectivity index (χ2v) is 8.91. The molecule has 15 heteroatoms. The van der Waals surface area contributed by atoms with Crippen LogP contribution in [0.1, 0.15) is 17.7 Å². The first-order valence-electron chi connectivity index (χ1n) is 10.6. The van der Waals surface area contributed by atoms with Crippen molar-refractivity contribution in [2.75, 3.05) is 39.5 Å². The number of carboxylic acid groups (broad SMARTS) is 2. The highest BCUT2D eigenvalue weighted by atomic mass is 32.1. The van der Waals surface area contributed by atoms with Gasteiger partial charge in [0.25, 0.3) is 0 Å². The van der Waals surface area contributed by atoms with Crippen LogP contribution in [0.25, 0.3) is 0 Å². The summed E-state index contributed by atoms with van der Waals surface area (Å²) < 4.78 is 75.2. The van der Waals surface area contributed by atoms with Gasteiger partial charge in [-0.3, -0.25) is 9.80 Å². The first-order valence-corrected chi connectivity index (χ1v) is 11.5. The Morgan fingerprint density at radius 1 is 1.00 bits per heavy atom. The molecule has 4 rings (SSSR count). The van der Waals surface area contributed by atoms with Crippen LogP contribution in [-0.4, -0.2) is 102 Å². The molecule has 0 radical (unpaired) electrons. The Balaban J connectivity index is 0.000000257. The van der Waals surface area contributed by atoms with Crippen LogP contribution in [0.3, 0.4) is 0 Å². The largest absolute Gasteiger partial charge is 0.490 e. The van der Waals surface area contributed by atoms with E-state index in [1.807, 2.05) is 11.3 Å². The van der Waals surface area contributed by atoms with Crippen molar-refractivity contribution >= 4 is 23.3 Å². The molecule has 3 aliphatic rings. The van der Waals surface area contributed by atoms with Crippen molar-refractivity contribution in [1.82, 2.24) is 9.80 Å². The summed E-state index contributed by atoms with van der Waals surface area (Å²) >= 11 is 1.87. The topological polar surface area (TPSA) is 99.5 Å². The second-order valence-electron chi connectivity index (χ2n) is 7.88. The van der Waals surface area contributed by atoms with Crippen LogP contribution in [0.4, 0.5) is 26.3 Å². The monoisotopic (exact) mass is 536 g/mol. The van der Waals surface area contributed by atoms with Crippen LogP contribution >= 0.6 is 11.3 Å². The molecule has 0 bridgehead atoms. The Kier molecular flexibility index (Phi) is 10.8. The van der Waals surface area contributed by atoms with Crippen LogP contribution in [0.15, 0.2) is 17.5 Å². The SMILES string of the molecule is O=C(O)C(F)(F)F.O=C(O)C(F)(F)F.c1csc(CN2C[C@H](N3CCOCC3)[C@@H]3OCCC[C@@H]32)c1. The molecule has 8 nitrogen and oxygen atoms in total. The lowest BCUT2D eigenvalue weighted by Crippen LogP contribution is -2.51. The quantitative estimate of drug-likeness (QED) is 0.569. The van der Waals surface area contributed by atoms with Gasteiger partial charge in [0.2, 0.25) is 0 Å². The zero-order chi connectivity index (χ0) is 26.2. The zero-order valence-corrected chi connectivity index (χ0v) is 19.2. The predicted octanol–water partition coefficient (Wildman–Crippen LogP) is 3.08. The standard InChI is InChI=1S/C16H24N2O2S.2C2HF3O2/c1-4-14-16(20-7-1)15(17-5-8-19-9-6-17)12-18(14)11-13-3-2-10-21-13;2*3-2(4,5)1(6)7/h2-3,10,14-16H,1,4-9,11-12H2;2*(H,6,7)/t14-,15-,16+;;/m0../s1. The molecule has 0 unspecified atom stereocenters. The highest BCUT2D eigenvalue weighted by Crippen LogP contribution is 2.33. The summed E-state index contributed by atoms with van der Waals surface area (Å²) in [6, 6.07) is 5.57. The molecular weight excluding hydrogens is 510 g/mol. The van der Waals surface area contributed by atoms with E-state index >= 15 is 0 Å². The van der Waals surface area contributed by atoms with Crippen molar-refractivity contribution in [3.05, 3.63) is 22.4 Å². The van der Waals surface area contributed by atoms with Gasteiger partial charge in [-0.25, -0.2) is 9.59 Å². The number of thiophene rings is 1. The zero-order valence-electron chi connectivity index (χ0n) is 18.4. The van der Waals surface area contributed by atoms with Crippen molar-refractivity contribution in [1.29, 1.82) is 0 Å². The molecule has 3 saturated heterocycles. The van der Waals surface area contributed by atoms with Crippen molar-refractivity contribution in [2.24, 2.45) is 0 Å². The molecule has 2 N–H and O–H groups in total. The minimum atomic E-state index is -5.08. The second kappa shape index (κ2) is 12.9. The molecule has 1 aromatic rings. The minimum absolute atomic E-state index is 0.400. The van der Waals surface area contributed by atoms with Gasteiger partial charge in [-0.05, 0) is 24.3 Å². The Labute approximate surface area is 201 Å². The summed E-state index contributed by atoms with van der Waals surface area (Å²) in [7, 11) is 0. The number of ether oxygens (including phenoxy) is 2. The number of carboxylic acids is 2. The molecule has 35 heavy (non-hydrogen) atoms. The number of hydrogen-bond donors (Lipinski definition) is 2. The normalized spacial score (nSPS) is 25.5. The molecule has 4 heterocycles. The lowest BCUT2D eigenvalue weighted by Gasteiger charge is -2.37. The van der Waals surface area contributed by atoms with E-state index in [1.165, 1.54) is 17.7 Å². The molecule has 3 fully saturated rings. The number of hydrogen-bond acceptors (Lipinski definition) is 7. The van der Waals surface area contributed by atoms with E-state index in [0.29, 0.717) is 18.2 Å². The minimum Gasteiger partial charge on any atom is -0.475 e. The molecule has 1 aromatic heterocycles. The predicted molar refractivity (Wildman–Crippen MR) is 111 cm³/mol. The number of nitrogens with zero attached hydrogens (tertiary/aromatic N) is 2. The number of carbonyl (C=O) groups is 2. The smallest absolute Gasteiger partial charge is 0.475 e. The number of likely N-dealkylation sites (tertiary alicyclic amines) is 1. The molecule has 0 aromatic carbocycles.